The van der Waals surface area contributed by atoms with Gasteiger partial charge in [-0.15, -0.1) is 0 Å². The van der Waals surface area contributed by atoms with Gasteiger partial charge in [0.05, 0.1) is 5.25 Å². The van der Waals surface area contributed by atoms with Gasteiger partial charge >= 0.3 is 0 Å². The predicted molar refractivity (Wildman–Crippen MR) is 69.4 cm³/mol. The molecular formula is C12H24N2O2S. The third kappa shape index (κ3) is 3.93. The lowest BCUT2D eigenvalue weighted by Gasteiger charge is -2.22. The Balaban J connectivity index is 1.72. The first kappa shape index (κ1) is 13.3. The Kier molecular flexibility index (Phi) is 4.82. The summed E-state index contributed by atoms with van der Waals surface area (Å²) in [5, 5.41) is 3.26. The summed E-state index contributed by atoms with van der Waals surface area (Å²) in [4.78, 5) is 0. The van der Waals surface area contributed by atoms with Crippen molar-refractivity contribution >= 4 is 10.0 Å². The molecule has 0 aromatic carbocycles. The number of rotatable bonds is 5. The number of hydrogen-bond donors (Lipinski definition) is 2. The minimum Gasteiger partial charge on any atom is -0.314 e. The van der Waals surface area contributed by atoms with E-state index in [9.17, 15) is 8.42 Å². The first-order valence-corrected chi connectivity index (χ1v) is 8.45. The van der Waals surface area contributed by atoms with Crippen molar-refractivity contribution < 1.29 is 8.42 Å². The molecule has 2 fully saturated rings. The van der Waals surface area contributed by atoms with Crippen molar-refractivity contribution in [3.8, 4) is 0 Å². The Bertz CT molecular complexity index is 317. The van der Waals surface area contributed by atoms with E-state index in [1.165, 1.54) is 19.3 Å². The van der Waals surface area contributed by atoms with Crippen molar-refractivity contribution in [2.45, 2.75) is 62.7 Å². The van der Waals surface area contributed by atoms with Crippen LogP contribution in [0.15, 0.2) is 0 Å². The maximum atomic E-state index is 12.0. The van der Waals surface area contributed by atoms with Gasteiger partial charge in [0, 0.05) is 12.6 Å². The Morgan fingerprint density at radius 1 is 1.06 bits per heavy atom. The van der Waals surface area contributed by atoms with Crippen LogP contribution in [0.3, 0.4) is 0 Å². The summed E-state index contributed by atoms with van der Waals surface area (Å²) in [6.45, 7) is 1.68. The number of nitrogens with one attached hydrogen (secondary N) is 2. The minimum absolute atomic E-state index is 0.132. The Hall–Kier alpha value is -0.130. The molecule has 0 bridgehead atoms. The van der Waals surface area contributed by atoms with Crippen molar-refractivity contribution in [2.24, 2.45) is 0 Å². The standard InChI is InChI=1S/C12H24N2O2S/c15-17(16,12-6-2-1-3-7-12)14-10-8-11-5-4-9-13-11/h11-14H,1-10H2/t11-/m1/s1. The van der Waals surface area contributed by atoms with Gasteiger partial charge in [-0.05, 0) is 38.6 Å². The second-order valence-electron chi connectivity index (χ2n) is 5.28. The molecule has 1 heterocycles. The maximum absolute atomic E-state index is 12.0. The van der Waals surface area contributed by atoms with E-state index in [2.05, 4.69) is 10.0 Å². The average Bonchev–Trinajstić information content (AvgIpc) is 2.83. The summed E-state index contributed by atoms with van der Waals surface area (Å²) >= 11 is 0. The highest BCUT2D eigenvalue weighted by atomic mass is 32.2. The highest BCUT2D eigenvalue weighted by Gasteiger charge is 2.26. The first-order chi connectivity index (χ1) is 8.18. The van der Waals surface area contributed by atoms with Crippen LogP contribution in [0.25, 0.3) is 0 Å². The van der Waals surface area contributed by atoms with Crippen LogP contribution in [-0.2, 0) is 10.0 Å². The van der Waals surface area contributed by atoms with E-state index in [4.69, 9.17) is 0 Å². The van der Waals surface area contributed by atoms with Crippen molar-refractivity contribution in [3.63, 3.8) is 0 Å². The summed E-state index contributed by atoms with van der Waals surface area (Å²) in [6, 6.07) is 0.518. The molecule has 17 heavy (non-hydrogen) atoms. The van der Waals surface area contributed by atoms with E-state index in [0.29, 0.717) is 12.6 Å². The van der Waals surface area contributed by atoms with E-state index in [-0.39, 0.29) is 5.25 Å². The fourth-order valence-electron chi connectivity index (χ4n) is 2.87. The zero-order valence-electron chi connectivity index (χ0n) is 10.5. The van der Waals surface area contributed by atoms with Gasteiger partial charge in [-0.2, -0.15) is 0 Å². The largest absolute Gasteiger partial charge is 0.314 e. The van der Waals surface area contributed by atoms with Crippen molar-refractivity contribution in [3.05, 3.63) is 0 Å². The topological polar surface area (TPSA) is 58.2 Å². The molecule has 1 saturated heterocycles. The second-order valence-corrected chi connectivity index (χ2v) is 7.33. The fraction of sp³-hybridized carbons (Fsp3) is 1.00. The summed E-state index contributed by atoms with van der Waals surface area (Å²) in [5.74, 6) is 0. The third-order valence-corrected chi connectivity index (χ3v) is 5.91. The van der Waals surface area contributed by atoms with Crippen LogP contribution in [0.5, 0.6) is 0 Å². The molecule has 0 spiro atoms. The molecule has 1 aliphatic carbocycles. The summed E-state index contributed by atoms with van der Waals surface area (Å²) in [6.07, 6.45) is 8.34. The fourth-order valence-corrected chi connectivity index (χ4v) is 4.46. The Morgan fingerprint density at radius 2 is 1.82 bits per heavy atom. The van der Waals surface area contributed by atoms with Crippen LogP contribution in [-0.4, -0.2) is 32.8 Å². The van der Waals surface area contributed by atoms with E-state index in [0.717, 1.165) is 38.6 Å². The number of sulfonamides is 1. The summed E-state index contributed by atoms with van der Waals surface area (Å²) in [5.41, 5.74) is 0. The monoisotopic (exact) mass is 260 g/mol. The third-order valence-electron chi connectivity index (χ3n) is 3.95. The van der Waals surface area contributed by atoms with Gasteiger partial charge < -0.3 is 5.32 Å². The first-order valence-electron chi connectivity index (χ1n) is 6.90. The molecule has 1 atom stereocenters. The molecule has 100 valence electrons. The van der Waals surface area contributed by atoms with Gasteiger partial charge in [-0.25, -0.2) is 13.1 Å². The predicted octanol–water partition coefficient (Wildman–Crippen LogP) is 1.38. The van der Waals surface area contributed by atoms with E-state index in [1.807, 2.05) is 0 Å². The minimum atomic E-state index is -3.05. The Labute approximate surface area is 105 Å². The molecule has 0 radical (unpaired) electrons. The van der Waals surface area contributed by atoms with Crippen LogP contribution in [0.2, 0.25) is 0 Å². The van der Waals surface area contributed by atoms with Crippen LogP contribution >= 0.6 is 0 Å². The molecule has 2 aliphatic rings. The second kappa shape index (κ2) is 6.16. The molecule has 5 heteroatoms. The van der Waals surface area contributed by atoms with Crippen molar-refractivity contribution in [2.75, 3.05) is 13.1 Å². The van der Waals surface area contributed by atoms with Crippen LogP contribution in [0, 0.1) is 0 Å². The Morgan fingerprint density at radius 3 is 2.47 bits per heavy atom. The molecule has 0 aromatic rings. The maximum Gasteiger partial charge on any atom is 0.214 e. The lowest BCUT2D eigenvalue weighted by atomic mass is 10.0. The highest BCUT2D eigenvalue weighted by Crippen LogP contribution is 2.23. The normalized spacial score (nSPS) is 27.4. The molecule has 1 aliphatic heterocycles. The molecule has 0 aromatic heterocycles. The smallest absolute Gasteiger partial charge is 0.214 e. The van der Waals surface area contributed by atoms with E-state index in [1.54, 1.807) is 0 Å². The quantitative estimate of drug-likeness (QED) is 0.785. The van der Waals surface area contributed by atoms with Gasteiger partial charge in [0.1, 0.15) is 0 Å². The zero-order chi connectivity index (χ0) is 12.1. The van der Waals surface area contributed by atoms with Crippen LogP contribution in [0.4, 0.5) is 0 Å². The highest BCUT2D eigenvalue weighted by molar-refractivity contribution is 7.90. The molecule has 0 unspecified atom stereocenters. The molecule has 2 rings (SSSR count). The SMILES string of the molecule is O=S(=O)(NCC[C@H]1CCCN1)C1CCCCC1. The van der Waals surface area contributed by atoms with Gasteiger partial charge in [-0.3, -0.25) is 0 Å². The van der Waals surface area contributed by atoms with Gasteiger partial charge in [-0.1, -0.05) is 19.3 Å². The van der Waals surface area contributed by atoms with E-state index >= 15 is 0 Å². The lowest BCUT2D eigenvalue weighted by molar-refractivity contribution is 0.474. The zero-order valence-corrected chi connectivity index (χ0v) is 11.3. The van der Waals surface area contributed by atoms with Crippen LogP contribution < -0.4 is 10.0 Å². The van der Waals surface area contributed by atoms with Crippen molar-refractivity contribution in [1.82, 2.24) is 10.0 Å². The van der Waals surface area contributed by atoms with Gasteiger partial charge in [0.2, 0.25) is 10.0 Å². The van der Waals surface area contributed by atoms with E-state index < -0.39 is 10.0 Å². The summed E-state index contributed by atoms with van der Waals surface area (Å²) < 4.78 is 26.8. The van der Waals surface area contributed by atoms with Crippen LogP contribution in [0.1, 0.15) is 51.4 Å². The summed E-state index contributed by atoms with van der Waals surface area (Å²) in [7, 11) is -3.05. The van der Waals surface area contributed by atoms with Gasteiger partial charge in [0.15, 0.2) is 0 Å². The molecule has 4 nitrogen and oxygen atoms in total. The average molecular weight is 260 g/mol. The molecule has 2 N–H and O–H groups in total. The van der Waals surface area contributed by atoms with Crippen molar-refractivity contribution in [1.29, 1.82) is 0 Å². The molecular weight excluding hydrogens is 236 g/mol. The number of hydrogen-bond acceptors (Lipinski definition) is 3. The molecule has 1 saturated carbocycles. The van der Waals surface area contributed by atoms with Gasteiger partial charge in [0.25, 0.3) is 0 Å². The lowest BCUT2D eigenvalue weighted by Crippen LogP contribution is -2.37. The molecule has 0 amide bonds.